The van der Waals surface area contributed by atoms with Gasteiger partial charge < -0.3 is 9.47 Å². The smallest absolute Gasteiger partial charge is 0.326 e. The summed E-state index contributed by atoms with van der Waals surface area (Å²) in [6.07, 6.45) is 0. The van der Waals surface area contributed by atoms with Crippen molar-refractivity contribution in [1.82, 2.24) is 4.31 Å². The number of likely N-dealkylation sites (N-methyl/N-ethyl adjacent to an activating group) is 1. The van der Waals surface area contributed by atoms with Crippen LogP contribution in [0.4, 0.5) is 0 Å². The number of thiophene rings is 1. The molecule has 0 bridgehead atoms. The van der Waals surface area contributed by atoms with Gasteiger partial charge >= 0.3 is 5.97 Å². The number of carbonyl (C=O) groups excluding carboxylic acids is 1. The molecule has 25 heavy (non-hydrogen) atoms. The number of methoxy groups -OCH3 is 1. The van der Waals surface area contributed by atoms with Gasteiger partial charge in [0.2, 0.25) is 0 Å². The molecule has 7 nitrogen and oxygen atoms in total. The fourth-order valence-electron chi connectivity index (χ4n) is 1.83. The molecule has 10 heteroatoms. The van der Waals surface area contributed by atoms with Crippen LogP contribution in [0.2, 0.25) is 4.34 Å². The van der Waals surface area contributed by atoms with Gasteiger partial charge in [0.25, 0.3) is 10.0 Å². The zero-order valence-electron chi connectivity index (χ0n) is 13.2. The van der Waals surface area contributed by atoms with Gasteiger partial charge in [-0.2, -0.15) is 9.57 Å². The van der Waals surface area contributed by atoms with Gasteiger partial charge in [-0.25, -0.2) is 8.42 Å². The number of rotatable bonds is 6. The average Bonchev–Trinajstić information content (AvgIpc) is 3.02. The van der Waals surface area contributed by atoms with E-state index >= 15 is 0 Å². The number of benzene rings is 1. The summed E-state index contributed by atoms with van der Waals surface area (Å²) >= 11 is 6.65. The molecule has 2 rings (SSSR count). The molecule has 0 radical (unpaired) electrons. The van der Waals surface area contributed by atoms with Crippen LogP contribution in [0.1, 0.15) is 5.56 Å². The molecule has 0 aliphatic rings. The average molecular weight is 401 g/mol. The minimum absolute atomic E-state index is 0.0313. The number of esters is 1. The third-order valence-corrected chi connectivity index (χ3v) is 6.58. The van der Waals surface area contributed by atoms with Crippen LogP contribution < -0.4 is 9.47 Å². The molecule has 0 unspecified atom stereocenters. The molecular formula is C15H13ClN2O5S2. The van der Waals surface area contributed by atoms with Crippen molar-refractivity contribution in [2.75, 3.05) is 20.7 Å². The van der Waals surface area contributed by atoms with Gasteiger partial charge in [-0.1, -0.05) is 11.6 Å². The monoisotopic (exact) mass is 400 g/mol. The van der Waals surface area contributed by atoms with Gasteiger partial charge in [0.15, 0.2) is 11.5 Å². The van der Waals surface area contributed by atoms with Crippen LogP contribution in [-0.2, 0) is 14.8 Å². The summed E-state index contributed by atoms with van der Waals surface area (Å²) in [4.78, 5) is 12.1. The van der Waals surface area contributed by atoms with E-state index < -0.39 is 22.5 Å². The van der Waals surface area contributed by atoms with Crippen LogP contribution >= 0.6 is 22.9 Å². The third kappa shape index (κ3) is 4.49. The number of sulfonamides is 1. The Bertz CT molecular complexity index is 934. The molecule has 0 aliphatic carbocycles. The van der Waals surface area contributed by atoms with E-state index in [9.17, 15) is 13.2 Å². The first-order valence-corrected chi connectivity index (χ1v) is 9.42. The maximum Gasteiger partial charge on any atom is 0.326 e. The van der Waals surface area contributed by atoms with Gasteiger partial charge in [0, 0.05) is 13.1 Å². The molecular weight excluding hydrogens is 388 g/mol. The fourth-order valence-corrected chi connectivity index (χ4v) is 4.64. The highest BCUT2D eigenvalue weighted by Gasteiger charge is 2.25. The highest BCUT2D eigenvalue weighted by atomic mass is 35.5. The summed E-state index contributed by atoms with van der Waals surface area (Å²) in [5, 5.41) is 8.85. The highest BCUT2D eigenvalue weighted by Crippen LogP contribution is 2.29. The normalized spacial score (nSPS) is 11.2. The number of ether oxygens (including phenoxy) is 2. The van der Waals surface area contributed by atoms with E-state index in [1.807, 2.05) is 6.07 Å². The summed E-state index contributed by atoms with van der Waals surface area (Å²) in [5.41, 5.74) is 0.339. The number of hydrogen-bond donors (Lipinski definition) is 0. The lowest BCUT2D eigenvalue weighted by Gasteiger charge is -2.15. The highest BCUT2D eigenvalue weighted by molar-refractivity contribution is 7.91. The first kappa shape index (κ1) is 19.2. The van der Waals surface area contributed by atoms with Gasteiger partial charge in [-0.15, -0.1) is 11.3 Å². The quantitative estimate of drug-likeness (QED) is 0.546. The van der Waals surface area contributed by atoms with E-state index in [2.05, 4.69) is 0 Å². The lowest BCUT2D eigenvalue weighted by Crippen LogP contribution is -2.33. The molecule has 0 atom stereocenters. The lowest BCUT2D eigenvalue weighted by molar-refractivity contribution is -0.134. The van der Waals surface area contributed by atoms with E-state index in [0.29, 0.717) is 9.90 Å². The number of halogens is 1. The number of nitrogens with zero attached hydrogens (tertiary/aromatic N) is 2. The lowest BCUT2D eigenvalue weighted by atomic mass is 10.2. The number of hydrogen-bond acceptors (Lipinski definition) is 7. The van der Waals surface area contributed by atoms with Crippen LogP contribution in [0, 0.1) is 11.3 Å². The molecule has 0 aliphatic heterocycles. The zero-order valence-corrected chi connectivity index (χ0v) is 15.6. The Morgan fingerprint density at radius 2 is 2.04 bits per heavy atom. The first-order valence-electron chi connectivity index (χ1n) is 6.78. The molecule has 2 aromatic rings. The van der Waals surface area contributed by atoms with Crippen LogP contribution in [0.3, 0.4) is 0 Å². The molecule has 1 aromatic heterocycles. The minimum atomic E-state index is -3.84. The molecule has 132 valence electrons. The predicted molar refractivity (Wildman–Crippen MR) is 92.5 cm³/mol. The van der Waals surface area contributed by atoms with Crippen molar-refractivity contribution in [2.24, 2.45) is 0 Å². The Morgan fingerprint density at radius 3 is 2.60 bits per heavy atom. The SMILES string of the molecule is COc1cc(C#N)ccc1OC(=O)CN(C)S(=O)(=O)c1ccc(Cl)s1. The van der Waals surface area contributed by atoms with Gasteiger partial charge in [-0.3, -0.25) is 4.79 Å². The van der Waals surface area contributed by atoms with E-state index in [1.54, 1.807) is 0 Å². The minimum Gasteiger partial charge on any atom is -0.493 e. The Hall–Kier alpha value is -2.12. The Kier molecular flexibility index (Phi) is 6.02. The Labute approximate surface area is 154 Å². The predicted octanol–water partition coefficient (Wildman–Crippen LogP) is 2.51. The third-order valence-electron chi connectivity index (χ3n) is 3.08. The second-order valence-corrected chi connectivity index (χ2v) is 8.76. The van der Waals surface area contributed by atoms with E-state index in [1.165, 1.54) is 44.5 Å². The van der Waals surface area contributed by atoms with Gasteiger partial charge in [0.05, 0.1) is 23.1 Å². The van der Waals surface area contributed by atoms with Crippen LogP contribution in [0.15, 0.2) is 34.5 Å². The number of nitriles is 1. The van der Waals surface area contributed by atoms with Crippen LogP contribution in [-0.4, -0.2) is 39.4 Å². The summed E-state index contributed by atoms with van der Waals surface area (Å²) < 4.78 is 36.1. The van der Waals surface area contributed by atoms with Crippen molar-refractivity contribution in [3.05, 3.63) is 40.2 Å². The molecule has 0 saturated heterocycles. The number of carbonyl (C=O) groups is 1. The van der Waals surface area contributed by atoms with Gasteiger partial charge in [-0.05, 0) is 24.3 Å². The standard InChI is InChI=1S/C15H13ClN2O5S2/c1-18(25(20,21)15-6-5-13(16)24-15)9-14(19)23-11-4-3-10(8-17)7-12(11)22-2/h3-7H,9H2,1-2H3. The van der Waals surface area contributed by atoms with Crippen molar-refractivity contribution < 1.29 is 22.7 Å². The van der Waals surface area contributed by atoms with E-state index in [0.717, 1.165) is 15.6 Å². The summed E-state index contributed by atoms with van der Waals surface area (Å²) in [6, 6.07) is 9.05. The first-order chi connectivity index (χ1) is 11.8. The molecule has 0 amide bonds. The van der Waals surface area contributed by atoms with Crippen LogP contribution in [0.25, 0.3) is 0 Å². The summed E-state index contributed by atoms with van der Waals surface area (Å²) in [6.45, 7) is -0.499. The van der Waals surface area contributed by atoms with Crippen LogP contribution in [0.5, 0.6) is 11.5 Å². The van der Waals surface area contributed by atoms with E-state index in [4.69, 9.17) is 26.3 Å². The van der Waals surface area contributed by atoms with Crippen molar-refractivity contribution in [3.63, 3.8) is 0 Å². The maximum absolute atomic E-state index is 12.3. The topological polar surface area (TPSA) is 96.7 Å². The fraction of sp³-hybridized carbons (Fsp3) is 0.200. The molecule has 1 aromatic carbocycles. The molecule has 0 saturated carbocycles. The van der Waals surface area contributed by atoms with E-state index in [-0.39, 0.29) is 15.7 Å². The van der Waals surface area contributed by atoms with Gasteiger partial charge in [0.1, 0.15) is 10.8 Å². The molecule has 0 N–H and O–H groups in total. The second-order valence-electron chi connectivity index (χ2n) is 4.77. The summed E-state index contributed by atoms with van der Waals surface area (Å²) in [5.74, 6) is -0.504. The largest absolute Gasteiger partial charge is 0.493 e. The summed E-state index contributed by atoms with van der Waals surface area (Å²) in [7, 11) is -1.21. The van der Waals surface area contributed by atoms with Crippen molar-refractivity contribution >= 4 is 38.9 Å². The molecule has 0 fully saturated rings. The van der Waals surface area contributed by atoms with Crippen molar-refractivity contribution in [2.45, 2.75) is 4.21 Å². The van der Waals surface area contributed by atoms with Crippen molar-refractivity contribution in [1.29, 1.82) is 5.26 Å². The van der Waals surface area contributed by atoms with Crippen molar-refractivity contribution in [3.8, 4) is 17.6 Å². The molecule has 0 spiro atoms. The second kappa shape index (κ2) is 7.84. The maximum atomic E-state index is 12.3. The Balaban J connectivity index is 2.11. The zero-order chi connectivity index (χ0) is 18.6. The molecule has 1 heterocycles. The Morgan fingerprint density at radius 1 is 1.32 bits per heavy atom.